The number of imidazole rings is 1. The maximum absolute atomic E-state index is 10.8. The van der Waals surface area contributed by atoms with Crippen molar-refractivity contribution < 1.29 is 19.4 Å². The van der Waals surface area contributed by atoms with E-state index in [-0.39, 0.29) is 11.6 Å². The Bertz CT molecular complexity index is 837. The molecule has 0 bridgehead atoms. The molecule has 1 saturated heterocycles. The van der Waals surface area contributed by atoms with Gasteiger partial charge in [0.1, 0.15) is 12.2 Å². The first-order valence-corrected chi connectivity index (χ1v) is 12.6. The maximum atomic E-state index is 10.8. The molecule has 0 spiro atoms. The van der Waals surface area contributed by atoms with Gasteiger partial charge in [0.2, 0.25) is 0 Å². The fourth-order valence-electron chi connectivity index (χ4n) is 2.88. The lowest BCUT2D eigenvalue weighted by Gasteiger charge is -2.44. The monoisotopic (exact) mass is 432 g/mol. The molecule has 150 valence electrons. The van der Waals surface area contributed by atoms with Crippen LogP contribution in [0.5, 0.6) is 0 Å². The van der Waals surface area contributed by atoms with Crippen LogP contribution in [0.4, 0.5) is 0 Å². The van der Waals surface area contributed by atoms with E-state index in [0.29, 0.717) is 21.1 Å². The highest BCUT2D eigenvalue weighted by Crippen LogP contribution is 2.39. The van der Waals surface area contributed by atoms with E-state index in [1.54, 1.807) is 23.0 Å². The summed E-state index contributed by atoms with van der Waals surface area (Å²) in [5.41, 5.74) is 1.37. The minimum Gasteiger partial charge on any atom is -0.390 e. The van der Waals surface area contributed by atoms with Gasteiger partial charge in [-0.1, -0.05) is 44.0 Å². The second-order valence-corrected chi connectivity index (χ2v) is 14.1. The average molecular weight is 433 g/mol. The Morgan fingerprint density at radius 1 is 1.19 bits per heavy atom. The van der Waals surface area contributed by atoms with Gasteiger partial charge in [0.05, 0.1) is 40.1 Å². The fraction of sp³-hybridized carbons (Fsp3) is 0.611. The molecule has 4 atom stereocenters. The zero-order chi connectivity index (χ0) is 20.1. The molecule has 27 heavy (non-hydrogen) atoms. The van der Waals surface area contributed by atoms with Crippen molar-refractivity contribution in [2.75, 3.05) is 6.61 Å². The summed E-state index contributed by atoms with van der Waals surface area (Å²) in [6.45, 7) is 10.7. The lowest BCUT2D eigenvalue weighted by molar-refractivity contribution is -0.228. The van der Waals surface area contributed by atoms with Crippen LogP contribution in [0, 0.1) is 0 Å². The summed E-state index contributed by atoms with van der Waals surface area (Å²) in [6, 6.07) is 2.86. The molecule has 6 nitrogen and oxygen atoms in total. The van der Waals surface area contributed by atoms with Gasteiger partial charge < -0.3 is 23.9 Å². The molecule has 1 fully saturated rings. The third-order valence-electron chi connectivity index (χ3n) is 5.65. The molecule has 2 heterocycles. The van der Waals surface area contributed by atoms with Crippen molar-refractivity contribution in [3.05, 3.63) is 28.5 Å². The molecule has 2 N–H and O–H groups in total. The maximum Gasteiger partial charge on any atom is 0.195 e. The molecule has 3 rings (SSSR count). The van der Waals surface area contributed by atoms with Crippen LogP contribution in [0.1, 0.15) is 26.8 Å². The molecule has 0 saturated carbocycles. The van der Waals surface area contributed by atoms with Crippen molar-refractivity contribution in [2.45, 2.75) is 63.4 Å². The molecule has 1 aromatic heterocycles. The highest BCUT2D eigenvalue weighted by atomic mass is 35.5. The Morgan fingerprint density at radius 3 is 2.44 bits per heavy atom. The molecule has 1 aromatic carbocycles. The first-order chi connectivity index (χ1) is 12.4. The number of aliphatic hydroxyl groups is 2. The lowest BCUT2D eigenvalue weighted by Crippen LogP contribution is -2.56. The van der Waals surface area contributed by atoms with Crippen LogP contribution in [-0.2, 0) is 9.16 Å². The topological polar surface area (TPSA) is 76.7 Å². The van der Waals surface area contributed by atoms with Crippen molar-refractivity contribution in [3.8, 4) is 0 Å². The highest BCUT2D eigenvalue weighted by Gasteiger charge is 2.46. The molecule has 0 amide bonds. The van der Waals surface area contributed by atoms with Crippen LogP contribution in [0.25, 0.3) is 11.0 Å². The van der Waals surface area contributed by atoms with Crippen LogP contribution < -0.4 is 0 Å². The van der Waals surface area contributed by atoms with E-state index in [9.17, 15) is 10.2 Å². The van der Waals surface area contributed by atoms with Gasteiger partial charge >= 0.3 is 0 Å². The fourth-order valence-corrected chi connectivity index (χ4v) is 4.34. The Kier molecular flexibility index (Phi) is 5.69. The Morgan fingerprint density at radius 2 is 1.81 bits per heavy atom. The summed E-state index contributed by atoms with van der Waals surface area (Å²) < 4.78 is 13.7. The molecule has 2 aromatic rings. The smallest absolute Gasteiger partial charge is 0.195 e. The molecule has 1 aliphatic heterocycles. The number of fused-ring (bicyclic) bond motifs is 1. The van der Waals surface area contributed by atoms with Gasteiger partial charge in [0.15, 0.2) is 14.6 Å². The lowest BCUT2D eigenvalue weighted by atomic mass is 10.0. The zero-order valence-corrected chi connectivity index (χ0v) is 18.6. The number of rotatable bonds is 3. The SMILES string of the molecule is CC(C)(C)[Si](C)(C)O[C@H]1OC[C@H](n2cnc3cc(Cl)c(Cl)cc32)[C@H](O)[C@@H]1O. The third kappa shape index (κ3) is 3.92. The Labute approximate surface area is 170 Å². The van der Waals surface area contributed by atoms with Gasteiger partial charge in [-0.15, -0.1) is 0 Å². The average Bonchev–Trinajstić information content (AvgIpc) is 2.94. The van der Waals surface area contributed by atoms with Gasteiger partial charge in [-0.05, 0) is 30.3 Å². The van der Waals surface area contributed by atoms with Crippen molar-refractivity contribution >= 4 is 42.6 Å². The van der Waals surface area contributed by atoms with Crippen LogP contribution in [-0.4, -0.2) is 53.2 Å². The largest absolute Gasteiger partial charge is 0.390 e. The molecular formula is C18H26Cl2N2O4Si. The van der Waals surface area contributed by atoms with E-state index in [0.717, 1.165) is 0 Å². The standard InChI is InChI=1S/C18H26Cl2N2O4Si/c1-18(2,3)27(4,5)26-17-16(24)15(23)14(8-25-17)22-9-21-12-6-10(19)11(20)7-13(12)22/h6-7,9,14-17,23-24H,8H2,1-5H3/t14-,15-,16-,17+/m0/s1. The van der Waals surface area contributed by atoms with Gasteiger partial charge in [0, 0.05) is 0 Å². The summed E-state index contributed by atoms with van der Waals surface area (Å²) in [5, 5.41) is 22.2. The number of halogens is 2. The summed E-state index contributed by atoms with van der Waals surface area (Å²) in [5.74, 6) is 0. The van der Waals surface area contributed by atoms with Crippen molar-refractivity contribution in [1.29, 1.82) is 0 Å². The van der Waals surface area contributed by atoms with E-state index >= 15 is 0 Å². The van der Waals surface area contributed by atoms with Gasteiger partial charge in [-0.25, -0.2) is 4.98 Å². The summed E-state index contributed by atoms with van der Waals surface area (Å²) in [6.07, 6.45) is -1.50. The Balaban J connectivity index is 1.83. The molecule has 0 unspecified atom stereocenters. The summed E-state index contributed by atoms with van der Waals surface area (Å²) in [4.78, 5) is 4.31. The van der Waals surface area contributed by atoms with E-state index in [1.165, 1.54) is 0 Å². The summed E-state index contributed by atoms with van der Waals surface area (Å²) in [7, 11) is -2.16. The number of nitrogens with zero attached hydrogens (tertiary/aromatic N) is 2. The molecule has 1 aliphatic rings. The van der Waals surface area contributed by atoms with Gasteiger partial charge in [0.25, 0.3) is 0 Å². The zero-order valence-electron chi connectivity index (χ0n) is 16.1. The van der Waals surface area contributed by atoms with Crippen molar-refractivity contribution in [1.82, 2.24) is 9.55 Å². The number of aliphatic hydroxyl groups excluding tert-OH is 2. The predicted molar refractivity (Wildman–Crippen MR) is 109 cm³/mol. The number of aromatic nitrogens is 2. The molecular weight excluding hydrogens is 407 g/mol. The van der Waals surface area contributed by atoms with Gasteiger partial charge in [-0.2, -0.15) is 0 Å². The normalized spacial score (nSPS) is 27.3. The first kappa shape index (κ1) is 21.0. The minimum absolute atomic E-state index is 0.0333. The number of hydrogen-bond acceptors (Lipinski definition) is 5. The number of hydrogen-bond donors (Lipinski definition) is 2. The van der Waals surface area contributed by atoms with Crippen LogP contribution in [0.2, 0.25) is 28.2 Å². The van der Waals surface area contributed by atoms with E-state index in [1.807, 2.05) is 0 Å². The second-order valence-electron chi connectivity index (χ2n) is 8.54. The number of ether oxygens (including phenoxy) is 1. The van der Waals surface area contributed by atoms with Crippen LogP contribution in [0.3, 0.4) is 0 Å². The quantitative estimate of drug-likeness (QED) is 0.716. The second kappa shape index (κ2) is 7.30. The Hall–Kier alpha value is -0.673. The van der Waals surface area contributed by atoms with Crippen LogP contribution >= 0.6 is 23.2 Å². The number of benzene rings is 1. The molecule has 0 radical (unpaired) electrons. The van der Waals surface area contributed by atoms with E-state index in [4.69, 9.17) is 32.4 Å². The summed E-state index contributed by atoms with van der Waals surface area (Å²) >= 11 is 12.2. The highest BCUT2D eigenvalue weighted by molar-refractivity contribution is 6.74. The third-order valence-corrected chi connectivity index (χ3v) is 10.8. The minimum atomic E-state index is -2.16. The molecule has 0 aliphatic carbocycles. The predicted octanol–water partition coefficient (Wildman–Crippen LogP) is 3.98. The van der Waals surface area contributed by atoms with E-state index in [2.05, 4.69) is 38.8 Å². The van der Waals surface area contributed by atoms with Gasteiger partial charge in [-0.3, -0.25) is 0 Å². The van der Waals surface area contributed by atoms with Crippen molar-refractivity contribution in [3.63, 3.8) is 0 Å². The van der Waals surface area contributed by atoms with Crippen molar-refractivity contribution in [2.24, 2.45) is 0 Å². The molecule has 9 heteroatoms. The first-order valence-electron chi connectivity index (χ1n) is 8.89. The van der Waals surface area contributed by atoms with Crippen LogP contribution in [0.15, 0.2) is 18.5 Å². The van der Waals surface area contributed by atoms with E-state index < -0.39 is 32.9 Å².